The Kier molecular flexibility index (Phi) is 5.93. The average Bonchev–Trinajstić information content (AvgIpc) is 2.25. The summed E-state index contributed by atoms with van der Waals surface area (Å²) < 4.78 is 0. The zero-order valence-electron chi connectivity index (χ0n) is 9.41. The van der Waals surface area contributed by atoms with Crippen LogP contribution in [0.5, 0.6) is 0 Å². The van der Waals surface area contributed by atoms with Gasteiger partial charge in [0.2, 0.25) is 0 Å². The third-order valence-electron chi connectivity index (χ3n) is 3.33. The molecule has 0 spiro atoms. The Morgan fingerprint density at radius 2 is 2.00 bits per heavy atom. The van der Waals surface area contributed by atoms with Crippen LogP contribution in [-0.4, -0.2) is 11.7 Å². The summed E-state index contributed by atoms with van der Waals surface area (Å²) >= 11 is 0. The quantitative estimate of drug-likeness (QED) is 0.667. The summed E-state index contributed by atoms with van der Waals surface area (Å²) in [6.45, 7) is 2.53. The minimum atomic E-state index is 0.327. The van der Waals surface area contributed by atoms with Crippen molar-refractivity contribution < 1.29 is 5.11 Å². The molecular formula is C13H24O. The second-order valence-electron chi connectivity index (χ2n) is 4.46. The molecule has 1 nitrogen and oxygen atoms in total. The summed E-state index contributed by atoms with van der Waals surface area (Å²) in [5.74, 6) is 1.43. The van der Waals surface area contributed by atoms with E-state index in [4.69, 9.17) is 5.11 Å². The summed E-state index contributed by atoms with van der Waals surface area (Å²) in [7, 11) is 0. The lowest BCUT2D eigenvalue weighted by Gasteiger charge is -2.18. The van der Waals surface area contributed by atoms with Crippen LogP contribution >= 0.6 is 0 Å². The predicted octanol–water partition coefficient (Wildman–Crippen LogP) is 3.53. The molecule has 1 saturated carbocycles. The van der Waals surface area contributed by atoms with E-state index in [1.54, 1.807) is 0 Å². The van der Waals surface area contributed by atoms with Gasteiger partial charge in [0.25, 0.3) is 0 Å². The molecule has 0 aromatic carbocycles. The Labute approximate surface area is 88.2 Å². The van der Waals surface area contributed by atoms with Crippen molar-refractivity contribution in [3.8, 4) is 0 Å². The van der Waals surface area contributed by atoms with E-state index in [0.717, 1.165) is 18.8 Å². The molecule has 0 radical (unpaired) electrons. The second-order valence-corrected chi connectivity index (χ2v) is 4.46. The van der Waals surface area contributed by atoms with Gasteiger partial charge in [-0.1, -0.05) is 38.3 Å². The van der Waals surface area contributed by atoms with Crippen LogP contribution in [0.15, 0.2) is 12.2 Å². The van der Waals surface area contributed by atoms with Crippen LogP contribution < -0.4 is 0 Å². The Balaban J connectivity index is 2.27. The molecule has 1 N–H and O–H groups in total. The highest BCUT2D eigenvalue weighted by molar-refractivity contribution is 4.93. The summed E-state index contributed by atoms with van der Waals surface area (Å²) in [6, 6.07) is 0. The maximum absolute atomic E-state index is 8.87. The normalized spacial score (nSPS) is 21.6. The van der Waals surface area contributed by atoms with E-state index >= 15 is 0 Å². The molecule has 0 saturated heterocycles. The van der Waals surface area contributed by atoms with Gasteiger partial charge in [0, 0.05) is 6.61 Å². The van der Waals surface area contributed by atoms with Crippen molar-refractivity contribution in [1.82, 2.24) is 0 Å². The number of hydrogen-bond acceptors (Lipinski definition) is 1. The zero-order chi connectivity index (χ0) is 10.2. The number of aliphatic hydroxyl groups excluding tert-OH is 1. The smallest absolute Gasteiger partial charge is 0.0436 e. The lowest BCUT2D eigenvalue weighted by molar-refractivity contribution is 0.268. The van der Waals surface area contributed by atoms with Crippen molar-refractivity contribution in [1.29, 1.82) is 0 Å². The molecule has 1 heteroatoms. The van der Waals surface area contributed by atoms with Gasteiger partial charge in [-0.25, -0.2) is 0 Å². The summed E-state index contributed by atoms with van der Waals surface area (Å²) in [4.78, 5) is 0. The minimum Gasteiger partial charge on any atom is -0.396 e. The number of allylic oxidation sites excluding steroid dienone is 2. The highest BCUT2D eigenvalue weighted by atomic mass is 16.3. The second kappa shape index (κ2) is 7.05. The van der Waals surface area contributed by atoms with Crippen LogP contribution in [0.1, 0.15) is 51.9 Å². The van der Waals surface area contributed by atoms with Crippen LogP contribution in [0.2, 0.25) is 0 Å². The van der Waals surface area contributed by atoms with Crippen molar-refractivity contribution >= 4 is 0 Å². The highest BCUT2D eigenvalue weighted by Gasteiger charge is 2.10. The van der Waals surface area contributed by atoms with Gasteiger partial charge in [-0.2, -0.15) is 0 Å². The lowest BCUT2D eigenvalue weighted by Crippen LogP contribution is -2.04. The Bertz CT molecular complexity index is 150. The first-order chi connectivity index (χ1) is 6.86. The third-order valence-corrected chi connectivity index (χ3v) is 3.33. The SMILES string of the molecule is CC[C@@H](/C=C/C1CCCCC1)CCO. The molecule has 1 rings (SSSR count). The van der Waals surface area contributed by atoms with Gasteiger partial charge in [-0.3, -0.25) is 0 Å². The molecule has 0 amide bonds. The van der Waals surface area contributed by atoms with Crippen molar-refractivity contribution in [2.75, 3.05) is 6.61 Å². The number of rotatable bonds is 5. The van der Waals surface area contributed by atoms with Gasteiger partial charge in [-0.05, 0) is 37.5 Å². The van der Waals surface area contributed by atoms with Gasteiger partial charge < -0.3 is 5.11 Å². The Morgan fingerprint density at radius 1 is 1.29 bits per heavy atom. The maximum Gasteiger partial charge on any atom is 0.0436 e. The molecule has 0 bridgehead atoms. The number of aliphatic hydroxyl groups is 1. The average molecular weight is 196 g/mol. The van der Waals surface area contributed by atoms with Crippen molar-refractivity contribution in [2.45, 2.75) is 51.9 Å². The predicted molar refractivity (Wildman–Crippen MR) is 61.2 cm³/mol. The van der Waals surface area contributed by atoms with E-state index in [1.807, 2.05) is 0 Å². The maximum atomic E-state index is 8.87. The van der Waals surface area contributed by atoms with Crippen LogP contribution in [0.4, 0.5) is 0 Å². The van der Waals surface area contributed by atoms with Crippen LogP contribution in [0.3, 0.4) is 0 Å². The van der Waals surface area contributed by atoms with E-state index in [1.165, 1.54) is 32.1 Å². The molecule has 1 aliphatic rings. The van der Waals surface area contributed by atoms with Crippen LogP contribution in [0.25, 0.3) is 0 Å². The van der Waals surface area contributed by atoms with E-state index < -0.39 is 0 Å². The molecule has 0 unspecified atom stereocenters. The van der Waals surface area contributed by atoms with Crippen LogP contribution in [-0.2, 0) is 0 Å². The molecule has 0 aromatic heterocycles. The topological polar surface area (TPSA) is 20.2 Å². The van der Waals surface area contributed by atoms with E-state index in [9.17, 15) is 0 Å². The molecule has 14 heavy (non-hydrogen) atoms. The fraction of sp³-hybridized carbons (Fsp3) is 0.846. The molecule has 0 aromatic rings. The van der Waals surface area contributed by atoms with Crippen molar-refractivity contribution in [3.63, 3.8) is 0 Å². The summed E-state index contributed by atoms with van der Waals surface area (Å²) in [6.07, 6.45) is 13.8. The minimum absolute atomic E-state index is 0.327. The van der Waals surface area contributed by atoms with Crippen molar-refractivity contribution in [2.24, 2.45) is 11.8 Å². The lowest BCUT2D eigenvalue weighted by atomic mass is 9.88. The molecule has 0 aliphatic heterocycles. The Morgan fingerprint density at radius 3 is 2.57 bits per heavy atom. The molecule has 1 fully saturated rings. The van der Waals surface area contributed by atoms with Crippen molar-refractivity contribution in [3.05, 3.63) is 12.2 Å². The zero-order valence-corrected chi connectivity index (χ0v) is 9.41. The third kappa shape index (κ3) is 4.28. The van der Waals surface area contributed by atoms with Gasteiger partial charge in [0.15, 0.2) is 0 Å². The van der Waals surface area contributed by atoms with Gasteiger partial charge in [-0.15, -0.1) is 0 Å². The fourth-order valence-corrected chi connectivity index (χ4v) is 2.24. The summed E-state index contributed by atoms with van der Waals surface area (Å²) in [5.41, 5.74) is 0. The van der Waals surface area contributed by atoms with Gasteiger partial charge >= 0.3 is 0 Å². The largest absolute Gasteiger partial charge is 0.396 e. The molecule has 82 valence electrons. The highest BCUT2D eigenvalue weighted by Crippen LogP contribution is 2.25. The standard InChI is InChI=1S/C13H24O/c1-2-12(10-11-14)8-9-13-6-4-3-5-7-13/h8-9,12-14H,2-7,10-11H2,1H3/b9-8+/t12-/m0/s1. The first-order valence-corrected chi connectivity index (χ1v) is 6.16. The monoisotopic (exact) mass is 196 g/mol. The first kappa shape index (κ1) is 11.8. The summed E-state index contributed by atoms with van der Waals surface area (Å²) in [5, 5.41) is 8.87. The molecular weight excluding hydrogens is 172 g/mol. The van der Waals surface area contributed by atoms with Gasteiger partial charge in [0.05, 0.1) is 0 Å². The first-order valence-electron chi connectivity index (χ1n) is 6.16. The molecule has 0 heterocycles. The fourth-order valence-electron chi connectivity index (χ4n) is 2.24. The van der Waals surface area contributed by atoms with Gasteiger partial charge in [0.1, 0.15) is 0 Å². The molecule has 1 aliphatic carbocycles. The Hall–Kier alpha value is -0.300. The van der Waals surface area contributed by atoms with E-state index in [0.29, 0.717) is 12.5 Å². The van der Waals surface area contributed by atoms with Crippen LogP contribution in [0, 0.1) is 11.8 Å². The van der Waals surface area contributed by atoms with E-state index in [2.05, 4.69) is 19.1 Å². The number of hydrogen-bond donors (Lipinski definition) is 1. The van der Waals surface area contributed by atoms with E-state index in [-0.39, 0.29) is 0 Å². The molecule has 1 atom stereocenters.